The van der Waals surface area contributed by atoms with Gasteiger partial charge in [-0.05, 0) is 13.0 Å². The van der Waals surface area contributed by atoms with Crippen LogP contribution in [0.15, 0.2) is 30.5 Å². The first-order chi connectivity index (χ1) is 8.09. The number of aryl methyl sites for hydroxylation is 1. The molecule has 0 radical (unpaired) electrons. The summed E-state index contributed by atoms with van der Waals surface area (Å²) in [6.07, 6.45) is 1.68. The van der Waals surface area contributed by atoms with Gasteiger partial charge in [0.2, 0.25) is 0 Å². The molecule has 1 aromatic carbocycles. The molecule has 0 aliphatic carbocycles. The molecule has 0 bridgehead atoms. The Morgan fingerprint density at radius 3 is 2.82 bits per heavy atom. The minimum atomic E-state index is -0.477. The van der Waals surface area contributed by atoms with E-state index in [1.165, 1.54) is 6.07 Å². The molecule has 0 aliphatic heterocycles. The highest BCUT2D eigenvalue weighted by Crippen LogP contribution is 2.25. The van der Waals surface area contributed by atoms with Crippen molar-refractivity contribution in [2.45, 2.75) is 13.5 Å². The zero-order valence-corrected chi connectivity index (χ0v) is 9.33. The molecule has 0 aliphatic rings. The molecule has 17 heavy (non-hydrogen) atoms. The van der Waals surface area contributed by atoms with Crippen LogP contribution in [0.4, 0.5) is 11.4 Å². The lowest BCUT2D eigenvalue weighted by molar-refractivity contribution is -0.383. The molecule has 88 valence electrons. The van der Waals surface area contributed by atoms with Crippen molar-refractivity contribution in [2.24, 2.45) is 0 Å². The Morgan fingerprint density at radius 1 is 1.47 bits per heavy atom. The molecule has 1 aromatic heterocycles. The number of rotatable bonds is 3. The van der Waals surface area contributed by atoms with Crippen molar-refractivity contribution >= 4 is 11.4 Å². The molecule has 6 heteroatoms. The third-order valence-corrected chi connectivity index (χ3v) is 2.62. The van der Waals surface area contributed by atoms with Crippen LogP contribution in [-0.2, 0) is 6.54 Å². The third kappa shape index (κ3) is 2.10. The second-order valence-corrected chi connectivity index (χ2v) is 3.74. The first-order valence-corrected chi connectivity index (χ1v) is 5.10. The maximum atomic E-state index is 10.7. The monoisotopic (exact) mass is 232 g/mol. The fraction of sp³-hybridized carbons (Fsp3) is 0.182. The number of aromatic nitrogens is 2. The highest BCUT2D eigenvalue weighted by molar-refractivity contribution is 5.63. The van der Waals surface area contributed by atoms with E-state index in [0.29, 0.717) is 12.1 Å². The van der Waals surface area contributed by atoms with Gasteiger partial charge in [0.25, 0.3) is 5.69 Å². The molecule has 2 aromatic rings. The predicted molar refractivity (Wildman–Crippen MR) is 63.6 cm³/mol. The maximum Gasteiger partial charge on any atom is 0.292 e. The molecule has 0 spiro atoms. The lowest BCUT2D eigenvalue weighted by Crippen LogP contribution is -2.07. The average Bonchev–Trinajstić information content (AvgIpc) is 2.67. The van der Waals surface area contributed by atoms with Gasteiger partial charge in [0.05, 0.1) is 11.5 Å². The molecule has 2 rings (SSSR count). The van der Waals surface area contributed by atoms with Crippen LogP contribution in [0, 0.1) is 17.0 Å². The normalized spacial score (nSPS) is 10.4. The van der Waals surface area contributed by atoms with Crippen molar-refractivity contribution in [3.8, 4) is 0 Å². The van der Waals surface area contributed by atoms with Gasteiger partial charge in [-0.3, -0.25) is 14.8 Å². The van der Waals surface area contributed by atoms with Crippen LogP contribution >= 0.6 is 0 Å². The van der Waals surface area contributed by atoms with Crippen molar-refractivity contribution in [2.75, 3.05) is 5.73 Å². The fourth-order valence-corrected chi connectivity index (χ4v) is 1.62. The standard InChI is InChI=1S/C11H12N4O2/c1-8-5-6-13-14(8)7-9-3-2-4-10(11(9)12)15(16)17/h2-6H,7,12H2,1H3. The van der Waals surface area contributed by atoms with Gasteiger partial charge in [-0.1, -0.05) is 12.1 Å². The number of nitrogen functional groups attached to an aromatic ring is 1. The van der Waals surface area contributed by atoms with E-state index < -0.39 is 4.92 Å². The number of benzene rings is 1. The second-order valence-electron chi connectivity index (χ2n) is 3.74. The summed E-state index contributed by atoms with van der Waals surface area (Å²) in [7, 11) is 0. The molecule has 0 saturated carbocycles. The Balaban J connectivity index is 2.37. The number of nitrogens with zero attached hydrogens (tertiary/aromatic N) is 3. The minimum absolute atomic E-state index is 0.0627. The summed E-state index contributed by atoms with van der Waals surface area (Å²) in [6.45, 7) is 2.35. The molecule has 0 saturated heterocycles. The van der Waals surface area contributed by atoms with E-state index in [1.807, 2.05) is 13.0 Å². The number of para-hydroxylation sites is 1. The molecular weight excluding hydrogens is 220 g/mol. The maximum absolute atomic E-state index is 10.7. The van der Waals surface area contributed by atoms with Gasteiger partial charge >= 0.3 is 0 Å². The topological polar surface area (TPSA) is 87.0 Å². The molecule has 0 fully saturated rings. The Bertz CT molecular complexity index is 562. The van der Waals surface area contributed by atoms with Gasteiger partial charge in [-0.2, -0.15) is 5.10 Å². The number of hydrogen-bond donors (Lipinski definition) is 1. The predicted octanol–water partition coefficient (Wildman–Crippen LogP) is 1.73. The van der Waals surface area contributed by atoms with E-state index in [-0.39, 0.29) is 11.4 Å². The van der Waals surface area contributed by atoms with Gasteiger partial charge in [0.15, 0.2) is 0 Å². The van der Waals surface area contributed by atoms with Gasteiger partial charge in [0, 0.05) is 23.5 Å². The van der Waals surface area contributed by atoms with E-state index in [1.54, 1.807) is 23.0 Å². The lowest BCUT2D eigenvalue weighted by Gasteiger charge is -2.07. The Morgan fingerprint density at radius 2 is 2.24 bits per heavy atom. The van der Waals surface area contributed by atoms with Gasteiger partial charge in [-0.15, -0.1) is 0 Å². The quantitative estimate of drug-likeness (QED) is 0.496. The number of nitro groups is 1. The second kappa shape index (κ2) is 4.25. The van der Waals surface area contributed by atoms with E-state index in [2.05, 4.69) is 5.10 Å². The van der Waals surface area contributed by atoms with Crippen LogP contribution in [0.2, 0.25) is 0 Å². The van der Waals surface area contributed by atoms with Crippen molar-refractivity contribution < 1.29 is 4.92 Å². The molecule has 2 N–H and O–H groups in total. The van der Waals surface area contributed by atoms with Crippen molar-refractivity contribution in [1.82, 2.24) is 9.78 Å². The van der Waals surface area contributed by atoms with Crippen LogP contribution in [0.1, 0.15) is 11.3 Å². The lowest BCUT2D eigenvalue weighted by atomic mass is 10.1. The zero-order chi connectivity index (χ0) is 12.4. The van der Waals surface area contributed by atoms with Crippen molar-refractivity contribution in [3.05, 3.63) is 51.8 Å². The highest BCUT2D eigenvalue weighted by atomic mass is 16.6. The summed E-state index contributed by atoms with van der Waals surface area (Å²) in [4.78, 5) is 10.3. The summed E-state index contributed by atoms with van der Waals surface area (Å²) < 4.78 is 1.75. The Hall–Kier alpha value is -2.37. The molecule has 0 atom stereocenters. The summed E-state index contributed by atoms with van der Waals surface area (Å²) in [6, 6.07) is 6.66. The molecule has 0 unspecified atom stereocenters. The Labute approximate surface area is 97.8 Å². The van der Waals surface area contributed by atoms with Crippen LogP contribution in [-0.4, -0.2) is 14.7 Å². The van der Waals surface area contributed by atoms with Crippen LogP contribution < -0.4 is 5.73 Å². The molecule has 1 heterocycles. The molecular formula is C11H12N4O2. The van der Waals surface area contributed by atoms with E-state index in [4.69, 9.17) is 5.73 Å². The van der Waals surface area contributed by atoms with E-state index in [9.17, 15) is 10.1 Å². The van der Waals surface area contributed by atoms with Gasteiger partial charge in [-0.25, -0.2) is 0 Å². The number of hydrogen-bond acceptors (Lipinski definition) is 4. The minimum Gasteiger partial charge on any atom is -0.393 e. The number of nitro benzene ring substituents is 1. The summed E-state index contributed by atoms with van der Waals surface area (Å²) in [5.74, 6) is 0. The number of anilines is 1. The summed E-state index contributed by atoms with van der Waals surface area (Å²) in [5.41, 5.74) is 7.59. The fourth-order valence-electron chi connectivity index (χ4n) is 1.62. The summed E-state index contributed by atoms with van der Waals surface area (Å²) in [5, 5.41) is 14.9. The zero-order valence-electron chi connectivity index (χ0n) is 9.33. The Kier molecular flexibility index (Phi) is 2.78. The first-order valence-electron chi connectivity index (χ1n) is 5.10. The number of nitrogens with two attached hydrogens (primary N) is 1. The van der Waals surface area contributed by atoms with Gasteiger partial charge < -0.3 is 5.73 Å². The van der Waals surface area contributed by atoms with Crippen molar-refractivity contribution in [1.29, 1.82) is 0 Å². The summed E-state index contributed by atoms with van der Waals surface area (Å²) >= 11 is 0. The molecule has 6 nitrogen and oxygen atoms in total. The molecule has 0 amide bonds. The largest absolute Gasteiger partial charge is 0.393 e. The van der Waals surface area contributed by atoms with E-state index >= 15 is 0 Å². The third-order valence-electron chi connectivity index (χ3n) is 2.62. The van der Waals surface area contributed by atoms with Crippen LogP contribution in [0.5, 0.6) is 0 Å². The average molecular weight is 232 g/mol. The van der Waals surface area contributed by atoms with Crippen LogP contribution in [0.25, 0.3) is 0 Å². The highest BCUT2D eigenvalue weighted by Gasteiger charge is 2.14. The van der Waals surface area contributed by atoms with E-state index in [0.717, 1.165) is 5.69 Å². The smallest absolute Gasteiger partial charge is 0.292 e. The van der Waals surface area contributed by atoms with Gasteiger partial charge in [0.1, 0.15) is 5.69 Å². The van der Waals surface area contributed by atoms with Crippen molar-refractivity contribution in [3.63, 3.8) is 0 Å². The van der Waals surface area contributed by atoms with Crippen LogP contribution in [0.3, 0.4) is 0 Å². The SMILES string of the molecule is Cc1ccnn1Cc1cccc([N+](=O)[O-])c1N. The first kappa shape index (κ1) is 11.1.